The number of nitrogens with zero attached hydrogens (tertiary/aromatic N) is 1. The topological polar surface area (TPSA) is 105 Å². The first-order valence-electron chi connectivity index (χ1n) is 5.88. The Labute approximate surface area is 126 Å². The van der Waals surface area contributed by atoms with E-state index in [-0.39, 0.29) is 10.8 Å². The zero-order valence-electron chi connectivity index (χ0n) is 11.2. The molecule has 1 aromatic carbocycles. The van der Waals surface area contributed by atoms with Gasteiger partial charge in [-0.1, -0.05) is 0 Å². The van der Waals surface area contributed by atoms with Gasteiger partial charge >= 0.3 is 0 Å². The number of rotatable bonds is 5. The molecule has 6 nitrogen and oxygen atoms in total. The molecule has 1 aromatic heterocycles. The number of anilines is 1. The summed E-state index contributed by atoms with van der Waals surface area (Å²) in [5.41, 5.74) is 6.85. The number of nitriles is 1. The van der Waals surface area contributed by atoms with E-state index in [1.807, 2.05) is 6.07 Å². The molecule has 0 aliphatic carbocycles. The van der Waals surface area contributed by atoms with Gasteiger partial charge in [-0.25, -0.2) is 13.1 Å². The van der Waals surface area contributed by atoms with Crippen molar-refractivity contribution in [1.82, 2.24) is 4.72 Å². The van der Waals surface area contributed by atoms with Crippen molar-refractivity contribution in [3.8, 4) is 11.8 Å². The highest BCUT2D eigenvalue weighted by Gasteiger charge is 2.17. The van der Waals surface area contributed by atoms with Crippen LogP contribution in [0.15, 0.2) is 34.5 Å². The van der Waals surface area contributed by atoms with Gasteiger partial charge in [0, 0.05) is 17.8 Å². The Kier molecular flexibility index (Phi) is 4.47. The van der Waals surface area contributed by atoms with Crippen molar-refractivity contribution in [2.24, 2.45) is 0 Å². The lowest BCUT2D eigenvalue weighted by atomic mass is 10.2. The van der Waals surface area contributed by atoms with E-state index >= 15 is 0 Å². The minimum Gasteiger partial charge on any atom is -0.496 e. The van der Waals surface area contributed by atoms with Gasteiger partial charge in [0.1, 0.15) is 20.9 Å². The number of thiophene rings is 1. The molecule has 0 fully saturated rings. The molecule has 1 heterocycles. The van der Waals surface area contributed by atoms with Crippen molar-refractivity contribution in [3.63, 3.8) is 0 Å². The van der Waals surface area contributed by atoms with E-state index in [4.69, 9.17) is 15.7 Å². The summed E-state index contributed by atoms with van der Waals surface area (Å²) in [6.45, 7) is 0.0519. The van der Waals surface area contributed by atoms with E-state index in [0.29, 0.717) is 21.9 Å². The third-order valence-electron chi connectivity index (χ3n) is 2.71. The number of nitrogen functional groups attached to an aromatic ring is 1. The predicted molar refractivity (Wildman–Crippen MR) is 80.5 cm³/mol. The summed E-state index contributed by atoms with van der Waals surface area (Å²) < 4.78 is 32.0. The van der Waals surface area contributed by atoms with Gasteiger partial charge < -0.3 is 10.5 Å². The van der Waals surface area contributed by atoms with E-state index < -0.39 is 10.0 Å². The van der Waals surface area contributed by atoms with Crippen molar-refractivity contribution in [2.75, 3.05) is 12.8 Å². The third kappa shape index (κ3) is 3.52. The van der Waals surface area contributed by atoms with Crippen LogP contribution in [-0.4, -0.2) is 15.5 Å². The molecule has 0 spiro atoms. The van der Waals surface area contributed by atoms with Gasteiger partial charge in [0.25, 0.3) is 0 Å². The zero-order chi connectivity index (χ0) is 15.5. The van der Waals surface area contributed by atoms with Crippen LogP contribution in [0.1, 0.15) is 10.4 Å². The van der Waals surface area contributed by atoms with Crippen molar-refractivity contribution >= 4 is 27.0 Å². The lowest BCUT2D eigenvalue weighted by Gasteiger charge is -2.10. The minimum atomic E-state index is -3.66. The van der Waals surface area contributed by atoms with Crippen LogP contribution in [-0.2, 0) is 16.6 Å². The Morgan fingerprint density at radius 3 is 2.76 bits per heavy atom. The highest BCUT2D eigenvalue weighted by molar-refractivity contribution is 7.91. The molecule has 21 heavy (non-hydrogen) atoms. The number of benzene rings is 1. The van der Waals surface area contributed by atoms with Gasteiger partial charge in [-0.15, -0.1) is 11.3 Å². The smallest absolute Gasteiger partial charge is 0.250 e. The van der Waals surface area contributed by atoms with Crippen LogP contribution in [0.3, 0.4) is 0 Å². The standard InChI is InChI=1S/C13H13N3O3S2/c1-19-12-4-2-10(15)6-9(12)8-16-21(17,18)13-5-3-11(7-14)20-13/h2-6,16H,8,15H2,1H3. The lowest BCUT2D eigenvalue weighted by Crippen LogP contribution is -2.22. The second kappa shape index (κ2) is 6.13. The molecule has 3 N–H and O–H groups in total. The van der Waals surface area contributed by atoms with Crippen LogP contribution in [0.2, 0.25) is 0 Å². The number of hydrogen-bond acceptors (Lipinski definition) is 6. The summed E-state index contributed by atoms with van der Waals surface area (Å²) in [4.78, 5) is 0.344. The lowest BCUT2D eigenvalue weighted by molar-refractivity contribution is 0.409. The summed E-state index contributed by atoms with van der Waals surface area (Å²) in [6, 6.07) is 9.79. The fourth-order valence-corrected chi connectivity index (χ4v) is 3.86. The van der Waals surface area contributed by atoms with Gasteiger partial charge in [0.2, 0.25) is 10.0 Å². The molecule has 110 valence electrons. The maximum atomic E-state index is 12.1. The molecule has 2 aromatic rings. The highest BCUT2D eigenvalue weighted by Crippen LogP contribution is 2.23. The Bertz CT molecular complexity index is 791. The fraction of sp³-hybridized carbons (Fsp3) is 0.154. The maximum Gasteiger partial charge on any atom is 0.250 e. The quantitative estimate of drug-likeness (QED) is 0.815. The number of hydrogen-bond donors (Lipinski definition) is 2. The molecular formula is C13H13N3O3S2. The predicted octanol–water partition coefficient (Wildman–Crippen LogP) is 1.69. The van der Waals surface area contributed by atoms with Gasteiger partial charge in [-0.3, -0.25) is 0 Å². The number of sulfonamides is 1. The van der Waals surface area contributed by atoms with Gasteiger partial charge in [-0.2, -0.15) is 5.26 Å². The molecular weight excluding hydrogens is 310 g/mol. The number of methoxy groups -OCH3 is 1. The summed E-state index contributed by atoms with van der Waals surface area (Å²) in [5, 5.41) is 8.74. The molecule has 0 aliphatic rings. The van der Waals surface area contributed by atoms with Crippen LogP contribution in [0, 0.1) is 11.3 Å². The number of nitrogens with two attached hydrogens (primary N) is 1. The summed E-state index contributed by atoms with van der Waals surface area (Å²) >= 11 is 0.921. The second-order valence-electron chi connectivity index (χ2n) is 4.13. The first-order chi connectivity index (χ1) is 9.96. The SMILES string of the molecule is COc1ccc(N)cc1CNS(=O)(=O)c1ccc(C#N)s1. The molecule has 0 bridgehead atoms. The van der Waals surface area contributed by atoms with Crippen LogP contribution < -0.4 is 15.2 Å². The van der Waals surface area contributed by atoms with Crippen molar-refractivity contribution < 1.29 is 13.2 Å². The van der Waals surface area contributed by atoms with E-state index in [1.54, 1.807) is 18.2 Å². The Morgan fingerprint density at radius 2 is 2.14 bits per heavy atom. The van der Waals surface area contributed by atoms with Gasteiger partial charge in [0.05, 0.1) is 7.11 Å². The number of nitrogens with one attached hydrogen (secondary N) is 1. The zero-order valence-corrected chi connectivity index (χ0v) is 12.8. The average molecular weight is 323 g/mol. The third-order valence-corrected chi connectivity index (χ3v) is 5.60. The first-order valence-corrected chi connectivity index (χ1v) is 8.18. The van der Waals surface area contributed by atoms with E-state index in [9.17, 15) is 8.42 Å². The molecule has 0 saturated carbocycles. The molecule has 0 atom stereocenters. The first kappa shape index (κ1) is 15.3. The minimum absolute atomic E-state index is 0.0519. The Balaban J connectivity index is 2.19. The summed E-state index contributed by atoms with van der Waals surface area (Å²) in [6.07, 6.45) is 0. The highest BCUT2D eigenvalue weighted by atomic mass is 32.2. The molecule has 0 radical (unpaired) electrons. The van der Waals surface area contributed by atoms with Crippen LogP contribution >= 0.6 is 11.3 Å². The molecule has 0 saturated heterocycles. The normalized spacial score (nSPS) is 11.0. The Hall–Kier alpha value is -2.08. The van der Waals surface area contributed by atoms with Gasteiger partial charge in [-0.05, 0) is 30.3 Å². The fourth-order valence-electron chi connectivity index (χ4n) is 1.71. The van der Waals surface area contributed by atoms with Crippen LogP contribution in [0.4, 0.5) is 5.69 Å². The molecule has 0 unspecified atom stereocenters. The monoisotopic (exact) mass is 323 g/mol. The van der Waals surface area contributed by atoms with Crippen LogP contribution in [0.5, 0.6) is 5.75 Å². The van der Waals surface area contributed by atoms with E-state index in [2.05, 4.69) is 4.72 Å². The van der Waals surface area contributed by atoms with Crippen molar-refractivity contribution in [2.45, 2.75) is 10.8 Å². The molecule has 2 rings (SSSR count). The Morgan fingerprint density at radius 1 is 1.38 bits per heavy atom. The summed E-state index contributed by atoms with van der Waals surface area (Å²) in [5.74, 6) is 0.552. The largest absolute Gasteiger partial charge is 0.496 e. The molecule has 0 aliphatic heterocycles. The van der Waals surface area contributed by atoms with Gasteiger partial charge in [0.15, 0.2) is 0 Å². The van der Waals surface area contributed by atoms with Crippen molar-refractivity contribution in [1.29, 1.82) is 5.26 Å². The van der Waals surface area contributed by atoms with E-state index in [1.165, 1.54) is 19.2 Å². The average Bonchev–Trinajstić information content (AvgIpc) is 2.95. The molecule has 8 heteroatoms. The second-order valence-corrected chi connectivity index (χ2v) is 7.20. The van der Waals surface area contributed by atoms with Crippen molar-refractivity contribution in [3.05, 3.63) is 40.8 Å². The number of ether oxygens (including phenoxy) is 1. The molecule has 0 amide bonds. The summed E-state index contributed by atoms with van der Waals surface area (Å²) in [7, 11) is -2.16. The van der Waals surface area contributed by atoms with Crippen LogP contribution in [0.25, 0.3) is 0 Å². The maximum absolute atomic E-state index is 12.1. The van der Waals surface area contributed by atoms with E-state index in [0.717, 1.165) is 11.3 Å².